The number of hydrogen-bond acceptors (Lipinski definition) is 3. The van der Waals surface area contributed by atoms with Crippen LogP contribution < -0.4 is 10.6 Å². The number of nitrogens with one attached hydrogen (secondary N) is 2. The summed E-state index contributed by atoms with van der Waals surface area (Å²) in [7, 11) is 0. The Labute approximate surface area is 149 Å². The monoisotopic (exact) mass is 343 g/mol. The number of aromatic nitrogens is 3. The summed E-state index contributed by atoms with van der Waals surface area (Å²) in [4.78, 5) is 17.3. The standard InChI is InChI=1S/C19H29N5O/c1-2-17-22-18-15(7-4-8-24(18)23-17)20-19(25)21-16-10-11-9-14(16)13-6-3-5-12(11)13/h11-16H,2-10H2,1H3,(H2,20,21,25)/t11-,12-,13+,14+,15+,16-/m1/s1. The largest absolute Gasteiger partial charge is 0.335 e. The minimum absolute atomic E-state index is 0.000584. The number of carbonyl (C=O) groups excluding carboxylic acids is 1. The molecule has 6 heteroatoms. The van der Waals surface area contributed by atoms with Crippen molar-refractivity contribution >= 4 is 6.03 Å². The van der Waals surface area contributed by atoms with Crippen molar-refractivity contribution < 1.29 is 4.79 Å². The van der Waals surface area contributed by atoms with Gasteiger partial charge in [0.2, 0.25) is 0 Å². The summed E-state index contributed by atoms with van der Waals surface area (Å²) in [6.45, 7) is 2.99. The summed E-state index contributed by atoms with van der Waals surface area (Å²) in [5.74, 6) is 5.26. The van der Waals surface area contributed by atoms with Gasteiger partial charge in [0.15, 0.2) is 5.82 Å². The van der Waals surface area contributed by atoms with Crippen molar-refractivity contribution in [2.24, 2.45) is 23.7 Å². The molecule has 0 radical (unpaired) electrons. The molecule has 1 aromatic heterocycles. The fourth-order valence-corrected chi connectivity index (χ4v) is 6.29. The van der Waals surface area contributed by atoms with Gasteiger partial charge >= 0.3 is 6.03 Å². The van der Waals surface area contributed by atoms with E-state index in [0.717, 1.165) is 61.1 Å². The number of urea groups is 1. The fraction of sp³-hybridized carbons (Fsp3) is 0.842. The molecular weight excluding hydrogens is 314 g/mol. The molecule has 3 fully saturated rings. The zero-order valence-corrected chi connectivity index (χ0v) is 15.1. The highest BCUT2D eigenvalue weighted by atomic mass is 16.2. The number of fused-ring (bicyclic) bond motifs is 6. The van der Waals surface area contributed by atoms with Crippen LogP contribution in [0.1, 0.15) is 69.6 Å². The van der Waals surface area contributed by atoms with Gasteiger partial charge in [-0.25, -0.2) is 14.5 Å². The zero-order valence-electron chi connectivity index (χ0n) is 15.1. The van der Waals surface area contributed by atoms with Gasteiger partial charge < -0.3 is 10.6 Å². The van der Waals surface area contributed by atoms with Gasteiger partial charge in [-0.3, -0.25) is 0 Å². The molecule has 1 aliphatic heterocycles. The second kappa shape index (κ2) is 5.99. The molecule has 4 aliphatic rings. The molecule has 0 spiro atoms. The third-order valence-electron chi connectivity index (χ3n) is 7.29. The first-order chi connectivity index (χ1) is 12.2. The summed E-state index contributed by atoms with van der Waals surface area (Å²) in [6.07, 6.45) is 9.60. The quantitative estimate of drug-likeness (QED) is 0.886. The second-order valence-electron chi connectivity index (χ2n) is 8.54. The third kappa shape index (κ3) is 2.56. The molecule has 136 valence electrons. The van der Waals surface area contributed by atoms with E-state index in [1.807, 2.05) is 4.68 Å². The molecule has 0 saturated heterocycles. The number of carbonyl (C=O) groups is 1. The third-order valence-corrected chi connectivity index (χ3v) is 7.29. The van der Waals surface area contributed by atoms with Crippen LogP contribution in [-0.4, -0.2) is 26.8 Å². The molecule has 2 bridgehead atoms. The first kappa shape index (κ1) is 15.6. The number of nitrogens with zero attached hydrogens (tertiary/aromatic N) is 3. The van der Waals surface area contributed by atoms with Crippen molar-refractivity contribution in [2.75, 3.05) is 0 Å². The molecule has 2 N–H and O–H groups in total. The lowest BCUT2D eigenvalue weighted by Gasteiger charge is -2.32. The molecule has 6 atom stereocenters. The van der Waals surface area contributed by atoms with Crippen molar-refractivity contribution in [3.63, 3.8) is 0 Å². The Morgan fingerprint density at radius 3 is 2.88 bits per heavy atom. The molecule has 0 unspecified atom stereocenters. The van der Waals surface area contributed by atoms with Crippen LogP contribution in [0.2, 0.25) is 0 Å². The topological polar surface area (TPSA) is 71.8 Å². The Bertz CT molecular complexity index is 671. The van der Waals surface area contributed by atoms with E-state index in [4.69, 9.17) is 0 Å². The summed E-state index contributed by atoms with van der Waals surface area (Å²) < 4.78 is 1.98. The van der Waals surface area contributed by atoms with E-state index in [2.05, 4.69) is 27.6 Å². The molecule has 3 saturated carbocycles. The first-order valence-corrected chi connectivity index (χ1v) is 10.2. The van der Waals surface area contributed by atoms with Gasteiger partial charge in [-0.1, -0.05) is 13.3 Å². The minimum atomic E-state index is -0.00778. The van der Waals surface area contributed by atoms with Crippen molar-refractivity contribution in [1.29, 1.82) is 0 Å². The molecule has 2 heterocycles. The Morgan fingerprint density at radius 2 is 2.00 bits per heavy atom. The number of amides is 2. The Morgan fingerprint density at radius 1 is 1.12 bits per heavy atom. The Kier molecular flexibility index (Phi) is 3.75. The van der Waals surface area contributed by atoms with Crippen molar-refractivity contribution in [2.45, 2.75) is 76.9 Å². The van der Waals surface area contributed by atoms with Crippen LogP contribution in [0.25, 0.3) is 0 Å². The summed E-state index contributed by atoms with van der Waals surface area (Å²) in [5.41, 5.74) is 0. The lowest BCUT2D eigenvalue weighted by Crippen LogP contribution is -2.48. The van der Waals surface area contributed by atoms with Gasteiger partial charge in [0, 0.05) is 19.0 Å². The van der Waals surface area contributed by atoms with Gasteiger partial charge in [0.1, 0.15) is 5.82 Å². The minimum Gasteiger partial charge on any atom is -0.335 e. The fourth-order valence-electron chi connectivity index (χ4n) is 6.29. The van der Waals surface area contributed by atoms with E-state index < -0.39 is 0 Å². The van der Waals surface area contributed by atoms with Crippen molar-refractivity contribution in [3.8, 4) is 0 Å². The summed E-state index contributed by atoms with van der Waals surface area (Å²) in [5, 5.41) is 11.0. The summed E-state index contributed by atoms with van der Waals surface area (Å²) >= 11 is 0. The van der Waals surface area contributed by atoms with Crippen LogP contribution in [0.4, 0.5) is 4.79 Å². The molecule has 5 rings (SSSR count). The van der Waals surface area contributed by atoms with Crippen LogP contribution in [0.5, 0.6) is 0 Å². The van der Waals surface area contributed by atoms with E-state index in [0.29, 0.717) is 6.04 Å². The van der Waals surface area contributed by atoms with Gasteiger partial charge in [-0.15, -0.1) is 0 Å². The van der Waals surface area contributed by atoms with E-state index in [1.165, 1.54) is 32.1 Å². The van der Waals surface area contributed by atoms with Gasteiger partial charge in [-0.05, 0) is 62.2 Å². The van der Waals surface area contributed by atoms with Gasteiger partial charge in [0.05, 0.1) is 6.04 Å². The highest BCUT2D eigenvalue weighted by Crippen LogP contribution is 2.58. The smallest absolute Gasteiger partial charge is 0.315 e. The maximum atomic E-state index is 12.6. The zero-order chi connectivity index (χ0) is 17.0. The Balaban J connectivity index is 1.23. The average molecular weight is 343 g/mol. The average Bonchev–Trinajstić information content (AvgIpc) is 3.35. The SMILES string of the molecule is CCc1nc2n(n1)CCC[C@@H]2NC(=O)N[C@@H]1C[C@H]2C[C@H]1[C@H]1CCC[C@H]21. The predicted molar refractivity (Wildman–Crippen MR) is 93.9 cm³/mol. The lowest BCUT2D eigenvalue weighted by atomic mass is 9.79. The molecule has 3 aliphatic carbocycles. The highest BCUT2D eigenvalue weighted by Gasteiger charge is 2.54. The Hall–Kier alpha value is -1.59. The van der Waals surface area contributed by atoms with E-state index in [9.17, 15) is 4.79 Å². The molecule has 0 aromatic carbocycles. The normalized spacial score (nSPS) is 38.4. The van der Waals surface area contributed by atoms with Crippen molar-refractivity contribution in [3.05, 3.63) is 11.6 Å². The van der Waals surface area contributed by atoms with E-state index >= 15 is 0 Å². The number of aryl methyl sites for hydroxylation is 2. The van der Waals surface area contributed by atoms with E-state index in [1.54, 1.807) is 0 Å². The molecule has 6 nitrogen and oxygen atoms in total. The maximum absolute atomic E-state index is 12.6. The highest BCUT2D eigenvalue weighted by molar-refractivity contribution is 5.74. The number of rotatable bonds is 3. The maximum Gasteiger partial charge on any atom is 0.315 e. The molecule has 2 amide bonds. The predicted octanol–water partition coefficient (Wildman–Crippen LogP) is 2.80. The van der Waals surface area contributed by atoms with Crippen molar-refractivity contribution in [1.82, 2.24) is 25.4 Å². The van der Waals surface area contributed by atoms with Crippen LogP contribution in [0, 0.1) is 23.7 Å². The van der Waals surface area contributed by atoms with Crippen LogP contribution in [0.3, 0.4) is 0 Å². The van der Waals surface area contributed by atoms with Gasteiger partial charge in [0.25, 0.3) is 0 Å². The lowest BCUT2D eigenvalue weighted by molar-refractivity contribution is 0.194. The van der Waals surface area contributed by atoms with Gasteiger partial charge in [-0.2, -0.15) is 5.10 Å². The summed E-state index contributed by atoms with van der Waals surface area (Å²) in [6, 6.07) is 0.378. The second-order valence-corrected chi connectivity index (χ2v) is 8.54. The molecule has 25 heavy (non-hydrogen) atoms. The van der Waals surface area contributed by atoms with E-state index in [-0.39, 0.29) is 12.1 Å². The van der Waals surface area contributed by atoms with Crippen LogP contribution >= 0.6 is 0 Å². The number of hydrogen-bond donors (Lipinski definition) is 2. The molecular formula is C19H29N5O. The molecule has 1 aromatic rings. The van der Waals surface area contributed by atoms with Crippen LogP contribution in [-0.2, 0) is 13.0 Å². The van der Waals surface area contributed by atoms with Crippen LogP contribution in [0.15, 0.2) is 0 Å². The first-order valence-electron chi connectivity index (χ1n) is 10.2.